The third-order valence-electron chi connectivity index (χ3n) is 5.16. The standard InChI is InChI=1S/C20H24N4O/c25-20(22-13-16-8-9-19-21-10-12-23(19)14-16)24-11-4-7-18(15-24)17-5-2-1-3-6-17/h1-3,5-7,10,12,16H,4,8-9,11,13-15H2,(H,22,25). The summed E-state index contributed by atoms with van der Waals surface area (Å²) in [5.41, 5.74) is 2.45. The smallest absolute Gasteiger partial charge is 0.317 e. The van der Waals surface area contributed by atoms with Gasteiger partial charge >= 0.3 is 6.03 Å². The highest BCUT2D eigenvalue weighted by molar-refractivity contribution is 5.78. The van der Waals surface area contributed by atoms with Gasteiger partial charge in [0.25, 0.3) is 0 Å². The highest BCUT2D eigenvalue weighted by atomic mass is 16.2. The van der Waals surface area contributed by atoms with E-state index >= 15 is 0 Å². The van der Waals surface area contributed by atoms with E-state index in [2.05, 4.69) is 33.1 Å². The molecule has 5 heteroatoms. The SMILES string of the molecule is O=C(NCC1CCc2nccn2C1)N1CCC=C(c2ccccc2)C1. The van der Waals surface area contributed by atoms with Crippen LogP contribution in [0.25, 0.3) is 5.57 Å². The molecule has 5 nitrogen and oxygen atoms in total. The van der Waals surface area contributed by atoms with Crippen LogP contribution in [0.2, 0.25) is 0 Å². The monoisotopic (exact) mass is 336 g/mol. The lowest BCUT2D eigenvalue weighted by molar-refractivity contribution is 0.199. The van der Waals surface area contributed by atoms with Crippen LogP contribution < -0.4 is 5.32 Å². The van der Waals surface area contributed by atoms with Gasteiger partial charge < -0.3 is 14.8 Å². The van der Waals surface area contributed by atoms with Crippen LogP contribution in [-0.2, 0) is 13.0 Å². The van der Waals surface area contributed by atoms with Crippen molar-refractivity contribution in [2.75, 3.05) is 19.6 Å². The third-order valence-corrected chi connectivity index (χ3v) is 5.16. The summed E-state index contributed by atoms with van der Waals surface area (Å²) in [4.78, 5) is 18.9. The van der Waals surface area contributed by atoms with Crippen LogP contribution in [-0.4, -0.2) is 40.1 Å². The minimum absolute atomic E-state index is 0.0537. The minimum atomic E-state index is 0.0537. The van der Waals surface area contributed by atoms with E-state index in [1.54, 1.807) is 0 Å². The average molecular weight is 336 g/mol. The summed E-state index contributed by atoms with van der Waals surface area (Å²) in [5.74, 6) is 1.65. The Morgan fingerprint density at radius 3 is 3.04 bits per heavy atom. The Labute approximate surface area is 148 Å². The molecular weight excluding hydrogens is 312 g/mol. The molecule has 1 aromatic carbocycles. The Balaban J connectivity index is 1.31. The van der Waals surface area contributed by atoms with E-state index in [0.29, 0.717) is 12.5 Å². The number of fused-ring (bicyclic) bond motifs is 1. The molecule has 1 unspecified atom stereocenters. The van der Waals surface area contributed by atoms with Crippen LogP contribution >= 0.6 is 0 Å². The Hall–Kier alpha value is -2.56. The first-order chi connectivity index (χ1) is 12.3. The number of hydrogen-bond donors (Lipinski definition) is 1. The molecule has 2 amide bonds. The highest BCUT2D eigenvalue weighted by Gasteiger charge is 2.22. The Morgan fingerprint density at radius 2 is 2.16 bits per heavy atom. The Bertz CT molecular complexity index is 765. The van der Waals surface area contributed by atoms with Crippen molar-refractivity contribution >= 4 is 11.6 Å². The first-order valence-electron chi connectivity index (χ1n) is 9.07. The second-order valence-electron chi connectivity index (χ2n) is 6.89. The second kappa shape index (κ2) is 7.13. The Morgan fingerprint density at radius 1 is 1.28 bits per heavy atom. The van der Waals surface area contributed by atoms with Crippen molar-refractivity contribution in [3.8, 4) is 0 Å². The van der Waals surface area contributed by atoms with Gasteiger partial charge in [0.05, 0.1) is 0 Å². The molecular formula is C20H24N4O. The number of nitrogens with zero attached hydrogens (tertiary/aromatic N) is 3. The number of carbonyl (C=O) groups excluding carboxylic acids is 1. The summed E-state index contributed by atoms with van der Waals surface area (Å²) < 4.78 is 2.21. The molecule has 25 heavy (non-hydrogen) atoms. The largest absolute Gasteiger partial charge is 0.338 e. The van der Waals surface area contributed by atoms with Gasteiger partial charge in [-0.15, -0.1) is 0 Å². The number of imidazole rings is 1. The summed E-state index contributed by atoms with van der Waals surface area (Å²) in [6.07, 6.45) is 9.15. The van der Waals surface area contributed by atoms with Crippen LogP contribution in [0.4, 0.5) is 4.79 Å². The van der Waals surface area contributed by atoms with E-state index in [1.807, 2.05) is 35.5 Å². The van der Waals surface area contributed by atoms with Crippen LogP contribution in [0.5, 0.6) is 0 Å². The molecule has 0 bridgehead atoms. The number of aryl methyl sites for hydroxylation is 1. The fourth-order valence-corrected chi connectivity index (χ4v) is 3.73. The van der Waals surface area contributed by atoms with Crippen LogP contribution in [0, 0.1) is 5.92 Å². The van der Waals surface area contributed by atoms with Gasteiger partial charge in [-0.1, -0.05) is 36.4 Å². The zero-order valence-corrected chi connectivity index (χ0v) is 14.4. The maximum absolute atomic E-state index is 12.6. The van der Waals surface area contributed by atoms with Crippen LogP contribution in [0.1, 0.15) is 24.2 Å². The van der Waals surface area contributed by atoms with Gasteiger partial charge in [0.15, 0.2) is 0 Å². The molecule has 0 radical (unpaired) electrons. The summed E-state index contributed by atoms with van der Waals surface area (Å²) in [6.45, 7) is 3.16. The number of benzene rings is 1. The molecule has 2 aliphatic rings. The number of nitrogens with one attached hydrogen (secondary N) is 1. The number of amides is 2. The molecule has 130 valence electrons. The first-order valence-corrected chi connectivity index (χ1v) is 9.07. The molecule has 0 fully saturated rings. The average Bonchev–Trinajstić information content (AvgIpc) is 3.15. The molecule has 3 heterocycles. The fraction of sp³-hybridized carbons (Fsp3) is 0.400. The van der Waals surface area contributed by atoms with Crippen LogP contribution in [0.15, 0.2) is 48.8 Å². The number of urea groups is 1. The first kappa shape index (κ1) is 15.9. The Kier molecular flexibility index (Phi) is 4.55. The quantitative estimate of drug-likeness (QED) is 0.937. The second-order valence-corrected chi connectivity index (χ2v) is 6.89. The fourth-order valence-electron chi connectivity index (χ4n) is 3.73. The number of carbonyl (C=O) groups is 1. The molecule has 0 aliphatic carbocycles. The molecule has 2 aromatic rings. The molecule has 0 saturated carbocycles. The predicted molar refractivity (Wildman–Crippen MR) is 98.0 cm³/mol. The molecule has 4 rings (SSSR count). The van der Waals surface area contributed by atoms with Gasteiger partial charge in [0.2, 0.25) is 0 Å². The predicted octanol–water partition coefficient (Wildman–Crippen LogP) is 2.94. The lowest BCUT2D eigenvalue weighted by atomic mass is 9.99. The molecule has 1 N–H and O–H groups in total. The summed E-state index contributed by atoms with van der Waals surface area (Å²) in [6, 6.07) is 10.4. The van der Waals surface area contributed by atoms with Gasteiger partial charge in [0, 0.05) is 45.0 Å². The van der Waals surface area contributed by atoms with E-state index in [4.69, 9.17) is 0 Å². The summed E-state index contributed by atoms with van der Waals surface area (Å²) in [7, 11) is 0. The van der Waals surface area contributed by atoms with Crippen molar-refractivity contribution in [3.05, 3.63) is 60.2 Å². The molecule has 2 aliphatic heterocycles. The maximum atomic E-state index is 12.6. The zero-order valence-electron chi connectivity index (χ0n) is 14.4. The molecule has 1 atom stereocenters. The van der Waals surface area contributed by atoms with Crippen molar-refractivity contribution in [1.82, 2.24) is 19.8 Å². The van der Waals surface area contributed by atoms with E-state index in [1.165, 1.54) is 11.1 Å². The molecule has 1 aromatic heterocycles. The van der Waals surface area contributed by atoms with Gasteiger partial charge in [-0.05, 0) is 29.9 Å². The lowest BCUT2D eigenvalue weighted by Crippen LogP contribution is -2.44. The number of hydrogen-bond acceptors (Lipinski definition) is 2. The van der Waals surface area contributed by atoms with Gasteiger partial charge in [0.1, 0.15) is 5.82 Å². The van der Waals surface area contributed by atoms with Crippen LogP contribution in [0.3, 0.4) is 0 Å². The van der Waals surface area contributed by atoms with E-state index < -0.39 is 0 Å². The van der Waals surface area contributed by atoms with Gasteiger partial charge in [-0.3, -0.25) is 0 Å². The molecule has 0 spiro atoms. The van der Waals surface area contributed by atoms with Gasteiger partial charge in [-0.25, -0.2) is 9.78 Å². The maximum Gasteiger partial charge on any atom is 0.317 e. The van der Waals surface area contributed by atoms with E-state index in [9.17, 15) is 4.79 Å². The van der Waals surface area contributed by atoms with Crippen molar-refractivity contribution < 1.29 is 4.79 Å². The van der Waals surface area contributed by atoms with E-state index in [0.717, 1.165) is 44.7 Å². The van der Waals surface area contributed by atoms with E-state index in [-0.39, 0.29) is 6.03 Å². The topological polar surface area (TPSA) is 50.2 Å². The normalized spacial score (nSPS) is 19.9. The van der Waals surface area contributed by atoms with Gasteiger partial charge in [-0.2, -0.15) is 0 Å². The lowest BCUT2D eigenvalue weighted by Gasteiger charge is -2.29. The van der Waals surface area contributed by atoms with Crippen molar-refractivity contribution in [2.24, 2.45) is 5.92 Å². The van der Waals surface area contributed by atoms with Crippen molar-refractivity contribution in [2.45, 2.75) is 25.8 Å². The summed E-state index contributed by atoms with van der Waals surface area (Å²) >= 11 is 0. The summed E-state index contributed by atoms with van der Waals surface area (Å²) in [5, 5.41) is 3.14. The highest BCUT2D eigenvalue weighted by Crippen LogP contribution is 2.21. The number of rotatable bonds is 3. The van der Waals surface area contributed by atoms with Crippen molar-refractivity contribution in [3.63, 3.8) is 0 Å². The molecule has 0 saturated heterocycles. The number of aromatic nitrogens is 2. The van der Waals surface area contributed by atoms with Crippen molar-refractivity contribution in [1.29, 1.82) is 0 Å². The zero-order chi connectivity index (χ0) is 17.1. The third kappa shape index (κ3) is 3.60. The minimum Gasteiger partial charge on any atom is -0.338 e.